The lowest BCUT2D eigenvalue weighted by molar-refractivity contribution is -0.113. The van der Waals surface area contributed by atoms with E-state index >= 15 is 0 Å². The molecule has 0 aliphatic rings. The van der Waals surface area contributed by atoms with Gasteiger partial charge in [0.05, 0.1) is 16.5 Å². The number of benzene rings is 2. The number of carbonyl (C=O) groups is 1. The van der Waals surface area contributed by atoms with Gasteiger partial charge >= 0.3 is 0 Å². The smallest absolute Gasteiger partial charge is 0.234 e. The predicted octanol–water partition coefficient (Wildman–Crippen LogP) is 5.73. The molecule has 0 fully saturated rings. The number of amides is 1. The average Bonchev–Trinajstić information content (AvgIpc) is 2.48. The summed E-state index contributed by atoms with van der Waals surface area (Å²) in [4.78, 5) is 12.0. The highest BCUT2D eigenvalue weighted by molar-refractivity contribution is 8.00. The van der Waals surface area contributed by atoms with E-state index in [0.717, 1.165) is 16.1 Å². The molecular formula is C17H17Cl2NOS. The lowest BCUT2D eigenvalue weighted by atomic mass is 10.2. The van der Waals surface area contributed by atoms with Crippen molar-refractivity contribution in [1.29, 1.82) is 0 Å². The van der Waals surface area contributed by atoms with E-state index in [-0.39, 0.29) is 11.2 Å². The van der Waals surface area contributed by atoms with Crippen LogP contribution >= 0.6 is 35.0 Å². The Morgan fingerprint density at radius 2 is 1.91 bits per heavy atom. The molecule has 1 atom stereocenters. The maximum Gasteiger partial charge on any atom is 0.234 e. The maximum absolute atomic E-state index is 12.0. The molecular weight excluding hydrogens is 337 g/mol. The standard InChI is InChI=1S/C17H17Cl2NOS/c1-11-7-8-16(15(19)9-11)20-17(21)10-22-12(2)13-5-3-4-6-14(13)18/h3-9,12H,10H2,1-2H3,(H,20,21)/t12-/m1/s1. The fraction of sp³-hybridized carbons (Fsp3) is 0.235. The highest BCUT2D eigenvalue weighted by Gasteiger charge is 2.12. The van der Waals surface area contributed by atoms with Gasteiger partial charge in [-0.15, -0.1) is 11.8 Å². The quantitative estimate of drug-likeness (QED) is 0.742. The zero-order chi connectivity index (χ0) is 16.1. The van der Waals surface area contributed by atoms with Crippen molar-refractivity contribution in [2.75, 3.05) is 11.1 Å². The van der Waals surface area contributed by atoms with Crippen molar-refractivity contribution in [3.05, 3.63) is 63.6 Å². The van der Waals surface area contributed by atoms with Crippen LogP contribution in [-0.2, 0) is 4.79 Å². The molecule has 0 spiro atoms. The fourth-order valence-corrected chi connectivity index (χ4v) is 3.51. The third-order valence-corrected chi connectivity index (χ3v) is 5.05. The van der Waals surface area contributed by atoms with Crippen molar-refractivity contribution in [1.82, 2.24) is 0 Å². The van der Waals surface area contributed by atoms with Gasteiger partial charge in [-0.3, -0.25) is 4.79 Å². The first kappa shape index (κ1) is 17.2. The summed E-state index contributed by atoms with van der Waals surface area (Å²) in [7, 11) is 0. The fourth-order valence-electron chi connectivity index (χ4n) is 2.00. The highest BCUT2D eigenvalue weighted by atomic mass is 35.5. The molecule has 5 heteroatoms. The normalized spacial score (nSPS) is 12.0. The Kier molecular flexibility index (Phi) is 6.18. The molecule has 0 aromatic heterocycles. The number of thioether (sulfide) groups is 1. The Labute approximate surface area is 145 Å². The Balaban J connectivity index is 1.91. The van der Waals surface area contributed by atoms with Crippen molar-refractivity contribution in [3.63, 3.8) is 0 Å². The summed E-state index contributed by atoms with van der Waals surface area (Å²) in [6, 6.07) is 13.3. The van der Waals surface area contributed by atoms with Crippen molar-refractivity contribution in [2.24, 2.45) is 0 Å². The Morgan fingerprint density at radius 1 is 1.18 bits per heavy atom. The molecule has 0 saturated carbocycles. The molecule has 0 aliphatic carbocycles. The molecule has 0 heterocycles. The Hall–Kier alpha value is -1.16. The lowest BCUT2D eigenvalue weighted by Gasteiger charge is -2.13. The summed E-state index contributed by atoms with van der Waals surface area (Å²) in [5.41, 5.74) is 2.74. The molecule has 0 radical (unpaired) electrons. The molecule has 116 valence electrons. The number of aryl methyl sites for hydroxylation is 1. The van der Waals surface area contributed by atoms with Gasteiger partial charge in [0.2, 0.25) is 5.91 Å². The summed E-state index contributed by atoms with van der Waals surface area (Å²) in [5, 5.41) is 4.26. The van der Waals surface area contributed by atoms with Gasteiger partial charge in [0, 0.05) is 10.3 Å². The van der Waals surface area contributed by atoms with Crippen LogP contribution in [0.25, 0.3) is 0 Å². The molecule has 2 nitrogen and oxygen atoms in total. The summed E-state index contributed by atoms with van der Waals surface area (Å²) >= 11 is 13.8. The first-order valence-electron chi connectivity index (χ1n) is 6.89. The number of halogens is 2. The van der Waals surface area contributed by atoms with E-state index in [4.69, 9.17) is 23.2 Å². The monoisotopic (exact) mass is 353 g/mol. The minimum absolute atomic E-state index is 0.0744. The summed E-state index contributed by atoms with van der Waals surface area (Å²) in [6.07, 6.45) is 0. The molecule has 22 heavy (non-hydrogen) atoms. The minimum Gasteiger partial charge on any atom is -0.324 e. The van der Waals surface area contributed by atoms with E-state index in [1.54, 1.807) is 11.8 Å². The van der Waals surface area contributed by atoms with Crippen molar-refractivity contribution >= 4 is 46.6 Å². The van der Waals surface area contributed by atoms with Crippen LogP contribution in [0.15, 0.2) is 42.5 Å². The van der Waals surface area contributed by atoms with E-state index in [2.05, 4.69) is 5.32 Å². The molecule has 0 bridgehead atoms. The first-order chi connectivity index (χ1) is 10.5. The average molecular weight is 354 g/mol. The second-order valence-corrected chi connectivity index (χ2v) is 7.15. The van der Waals surface area contributed by atoms with Crippen LogP contribution < -0.4 is 5.32 Å². The van der Waals surface area contributed by atoms with E-state index < -0.39 is 0 Å². The lowest BCUT2D eigenvalue weighted by Crippen LogP contribution is -2.15. The molecule has 0 aliphatic heterocycles. The second kappa shape index (κ2) is 7.91. The Morgan fingerprint density at radius 3 is 2.59 bits per heavy atom. The number of hydrogen-bond donors (Lipinski definition) is 1. The molecule has 2 aromatic rings. The van der Waals surface area contributed by atoms with Crippen LogP contribution in [0.1, 0.15) is 23.3 Å². The maximum atomic E-state index is 12.0. The number of anilines is 1. The molecule has 0 unspecified atom stereocenters. The molecule has 2 aromatic carbocycles. The Bertz CT molecular complexity index is 675. The minimum atomic E-state index is -0.0744. The SMILES string of the molecule is Cc1ccc(NC(=O)CS[C@H](C)c2ccccc2Cl)c(Cl)c1. The van der Waals surface area contributed by atoms with E-state index in [1.807, 2.05) is 56.3 Å². The number of hydrogen-bond acceptors (Lipinski definition) is 2. The van der Waals surface area contributed by atoms with Crippen molar-refractivity contribution < 1.29 is 4.79 Å². The third kappa shape index (κ3) is 4.67. The van der Waals surface area contributed by atoms with Crippen LogP contribution in [0, 0.1) is 6.92 Å². The van der Waals surface area contributed by atoms with Crippen LogP contribution in [0.3, 0.4) is 0 Å². The molecule has 1 amide bonds. The number of rotatable bonds is 5. The second-order valence-electron chi connectivity index (χ2n) is 5.01. The van der Waals surface area contributed by atoms with Crippen LogP contribution in [0.4, 0.5) is 5.69 Å². The summed E-state index contributed by atoms with van der Waals surface area (Å²) < 4.78 is 0. The van der Waals surface area contributed by atoms with Gasteiger partial charge in [-0.1, -0.05) is 47.5 Å². The number of nitrogens with one attached hydrogen (secondary N) is 1. The van der Waals surface area contributed by atoms with Crippen LogP contribution in [-0.4, -0.2) is 11.7 Å². The number of carbonyl (C=O) groups excluding carboxylic acids is 1. The van der Waals surface area contributed by atoms with Gasteiger partial charge in [0.15, 0.2) is 0 Å². The van der Waals surface area contributed by atoms with Gasteiger partial charge in [-0.05, 0) is 43.2 Å². The van der Waals surface area contributed by atoms with Crippen molar-refractivity contribution in [3.8, 4) is 0 Å². The zero-order valence-electron chi connectivity index (χ0n) is 12.4. The van der Waals surface area contributed by atoms with Gasteiger partial charge < -0.3 is 5.32 Å². The molecule has 1 N–H and O–H groups in total. The molecule has 2 rings (SSSR count). The first-order valence-corrected chi connectivity index (χ1v) is 8.70. The van der Waals surface area contributed by atoms with Gasteiger partial charge in [-0.2, -0.15) is 0 Å². The zero-order valence-corrected chi connectivity index (χ0v) is 14.7. The van der Waals surface area contributed by atoms with E-state index in [9.17, 15) is 4.79 Å². The van der Waals surface area contributed by atoms with Gasteiger partial charge in [0.25, 0.3) is 0 Å². The van der Waals surface area contributed by atoms with Crippen LogP contribution in [0.5, 0.6) is 0 Å². The van der Waals surface area contributed by atoms with Gasteiger partial charge in [-0.25, -0.2) is 0 Å². The summed E-state index contributed by atoms with van der Waals surface area (Å²) in [6.45, 7) is 4.00. The van der Waals surface area contributed by atoms with E-state index in [0.29, 0.717) is 16.5 Å². The van der Waals surface area contributed by atoms with Gasteiger partial charge in [0.1, 0.15) is 0 Å². The predicted molar refractivity (Wildman–Crippen MR) is 97.1 cm³/mol. The molecule has 0 saturated heterocycles. The summed E-state index contributed by atoms with van der Waals surface area (Å²) in [5.74, 6) is 0.269. The van der Waals surface area contributed by atoms with Crippen molar-refractivity contribution in [2.45, 2.75) is 19.1 Å². The third-order valence-electron chi connectivity index (χ3n) is 3.21. The largest absolute Gasteiger partial charge is 0.324 e. The highest BCUT2D eigenvalue weighted by Crippen LogP contribution is 2.33. The topological polar surface area (TPSA) is 29.1 Å². The van der Waals surface area contributed by atoms with Crippen LogP contribution in [0.2, 0.25) is 10.0 Å². The van der Waals surface area contributed by atoms with E-state index in [1.165, 1.54) is 0 Å².